The number of thiophene rings is 1. The summed E-state index contributed by atoms with van der Waals surface area (Å²) in [5.41, 5.74) is 0.148. The largest absolute Gasteiger partial charge is 0.478 e. The lowest BCUT2D eigenvalue weighted by molar-refractivity contribution is 0.0697. The Kier molecular flexibility index (Phi) is 3.44. The molecular formula is C11H6F2O2S2. The van der Waals surface area contributed by atoms with Crippen molar-refractivity contribution in [2.24, 2.45) is 0 Å². The maximum absolute atomic E-state index is 13.3. The second-order valence-corrected chi connectivity index (χ2v) is 5.39. The standard InChI is InChI=1S/C11H6F2O2S2/c12-7-1-2-8(13)9(4-7)17-10-3-6(5-16-10)11(14)15/h1-5H,(H,14,15). The number of carbonyl (C=O) groups is 1. The first-order valence-electron chi connectivity index (χ1n) is 4.51. The highest BCUT2D eigenvalue weighted by molar-refractivity contribution is 8.01. The second-order valence-electron chi connectivity index (χ2n) is 3.14. The van der Waals surface area contributed by atoms with Crippen molar-refractivity contribution in [3.05, 3.63) is 46.8 Å². The van der Waals surface area contributed by atoms with Crippen LogP contribution in [0.3, 0.4) is 0 Å². The Hall–Kier alpha value is -1.40. The topological polar surface area (TPSA) is 37.3 Å². The summed E-state index contributed by atoms with van der Waals surface area (Å²) in [6, 6.07) is 4.60. The maximum Gasteiger partial charge on any atom is 0.336 e. The summed E-state index contributed by atoms with van der Waals surface area (Å²) >= 11 is 2.19. The monoisotopic (exact) mass is 272 g/mol. The third-order valence-corrected chi connectivity index (χ3v) is 4.04. The van der Waals surface area contributed by atoms with E-state index in [-0.39, 0.29) is 10.5 Å². The molecule has 0 bridgehead atoms. The summed E-state index contributed by atoms with van der Waals surface area (Å²) in [5, 5.41) is 10.2. The number of aromatic carboxylic acids is 1. The molecule has 0 amide bonds. The van der Waals surface area contributed by atoms with Gasteiger partial charge in [0.2, 0.25) is 0 Å². The van der Waals surface area contributed by atoms with Crippen LogP contribution in [0.25, 0.3) is 0 Å². The number of rotatable bonds is 3. The van der Waals surface area contributed by atoms with Crippen LogP contribution in [0.2, 0.25) is 0 Å². The first kappa shape index (κ1) is 12.1. The minimum Gasteiger partial charge on any atom is -0.478 e. The Labute approximate surface area is 104 Å². The van der Waals surface area contributed by atoms with Gasteiger partial charge in [0.05, 0.1) is 14.7 Å². The Balaban J connectivity index is 2.25. The van der Waals surface area contributed by atoms with Crippen LogP contribution < -0.4 is 0 Å². The SMILES string of the molecule is O=C(O)c1csc(Sc2cc(F)ccc2F)c1. The Morgan fingerprint density at radius 3 is 2.71 bits per heavy atom. The van der Waals surface area contributed by atoms with Crippen LogP contribution in [-0.4, -0.2) is 11.1 Å². The summed E-state index contributed by atoms with van der Waals surface area (Å²) in [7, 11) is 0. The smallest absolute Gasteiger partial charge is 0.336 e. The van der Waals surface area contributed by atoms with E-state index in [1.807, 2.05) is 0 Å². The summed E-state index contributed by atoms with van der Waals surface area (Å²) in [6.45, 7) is 0. The van der Waals surface area contributed by atoms with Gasteiger partial charge in [0, 0.05) is 5.38 Å². The van der Waals surface area contributed by atoms with E-state index in [4.69, 9.17) is 5.11 Å². The van der Waals surface area contributed by atoms with Crippen LogP contribution in [-0.2, 0) is 0 Å². The van der Waals surface area contributed by atoms with Crippen LogP contribution >= 0.6 is 23.1 Å². The number of benzene rings is 1. The lowest BCUT2D eigenvalue weighted by Gasteiger charge is -2.00. The van der Waals surface area contributed by atoms with Crippen molar-refractivity contribution in [3.63, 3.8) is 0 Å². The summed E-state index contributed by atoms with van der Waals surface area (Å²) in [6.07, 6.45) is 0. The molecule has 0 radical (unpaired) electrons. The van der Waals surface area contributed by atoms with E-state index >= 15 is 0 Å². The molecule has 0 saturated heterocycles. The fourth-order valence-electron chi connectivity index (χ4n) is 1.15. The molecular weight excluding hydrogens is 266 g/mol. The third-order valence-electron chi connectivity index (χ3n) is 1.93. The van der Waals surface area contributed by atoms with E-state index in [0.29, 0.717) is 4.21 Å². The molecule has 17 heavy (non-hydrogen) atoms. The summed E-state index contributed by atoms with van der Waals surface area (Å²) in [5.74, 6) is -2.08. The van der Waals surface area contributed by atoms with E-state index in [1.165, 1.54) is 22.8 Å². The molecule has 0 aliphatic rings. The zero-order valence-corrected chi connectivity index (χ0v) is 9.95. The van der Waals surface area contributed by atoms with Gasteiger partial charge in [0.1, 0.15) is 11.6 Å². The molecule has 6 heteroatoms. The number of carboxylic acids is 1. The van der Waals surface area contributed by atoms with Crippen LogP contribution in [0.4, 0.5) is 8.78 Å². The lowest BCUT2D eigenvalue weighted by atomic mass is 10.3. The van der Waals surface area contributed by atoms with Gasteiger partial charge in [-0.2, -0.15) is 0 Å². The molecule has 2 rings (SSSR count). The van der Waals surface area contributed by atoms with Crippen molar-refractivity contribution in [2.45, 2.75) is 9.10 Å². The minimum atomic E-state index is -1.03. The van der Waals surface area contributed by atoms with Gasteiger partial charge in [0.15, 0.2) is 0 Å². The molecule has 0 saturated carbocycles. The first-order valence-corrected chi connectivity index (χ1v) is 6.20. The van der Waals surface area contributed by atoms with Crippen LogP contribution in [0, 0.1) is 11.6 Å². The van der Waals surface area contributed by atoms with Crippen molar-refractivity contribution in [2.75, 3.05) is 0 Å². The van der Waals surface area contributed by atoms with Crippen molar-refractivity contribution in [1.82, 2.24) is 0 Å². The van der Waals surface area contributed by atoms with E-state index < -0.39 is 17.6 Å². The van der Waals surface area contributed by atoms with Gasteiger partial charge in [-0.1, -0.05) is 11.8 Å². The fraction of sp³-hybridized carbons (Fsp3) is 0. The summed E-state index contributed by atoms with van der Waals surface area (Å²) in [4.78, 5) is 10.8. The van der Waals surface area contributed by atoms with Crippen molar-refractivity contribution < 1.29 is 18.7 Å². The highest BCUT2D eigenvalue weighted by Crippen LogP contribution is 2.34. The lowest BCUT2D eigenvalue weighted by Crippen LogP contribution is -1.91. The zero-order valence-electron chi connectivity index (χ0n) is 8.31. The van der Waals surface area contributed by atoms with Gasteiger partial charge in [-0.05, 0) is 24.3 Å². The number of carboxylic acid groups (broad SMARTS) is 1. The molecule has 0 aliphatic carbocycles. The normalized spacial score (nSPS) is 10.5. The number of hydrogen-bond donors (Lipinski definition) is 1. The van der Waals surface area contributed by atoms with Crippen LogP contribution in [0.5, 0.6) is 0 Å². The zero-order chi connectivity index (χ0) is 12.4. The van der Waals surface area contributed by atoms with Gasteiger partial charge in [-0.15, -0.1) is 11.3 Å². The number of halogens is 2. The van der Waals surface area contributed by atoms with E-state index in [1.54, 1.807) is 0 Å². The molecule has 0 spiro atoms. The Morgan fingerprint density at radius 2 is 2.06 bits per heavy atom. The molecule has 1 aromatic heterocycles. The Bertz CT molecular complexity index is 566. The Morgan fingerprint density at radius 1 is 1.29 bits per heavy atom. The van der Waals surface area contributed by atoms with E-state index in [9.17, 15) is 13.6 Å². The van der Waals surface area contributed by atoms with Crippen molar-refractivity contribution in [1.29, 1.82) is 0 Å². The molecule has 2 aromatic rings. The predicted octanol–water partition coefficient (Wildman–Crippen LogP) is 3.88. The van der Waals surface area contributed by atoms with Crippen molar-refractivity contribution in [3.8, 4) is 0 Å². The molecule has 0 atom stereocenters. The minimum absolute atomic E-state index is 0.142. The molecule has 0 unspecified atom stereocenters. The molecule has 0 aliphatic heterocycles. The molecule has 1 N–H and O–H groups in total. The second kappa shape index (κ2) is 4.85. The average Bonchev–Trinajstić information content (AvgIpc) is 2.72. The van der Waals surface area contributed by atoms with E-state index in [0.717, 1.165) is 30.0 Å². The van der Waals surface area contributed by atoms with E-state index in [2.05, 4.69) is 0 Å². The van der Waals surface area contributed by atoms with Crippen molar-refractivity contribution >= 4 is 29.1 Å². The highest BCUT2D eigenvalue weighted by Gasteiger charge is 2.10. The average molecular weight is 272 g/mol. The molecule has 88 valence electrons. The van der Waals surface area contributed by atoms with Gasteiger partial charge in [0.25, 0.3) is 0 Å². The highest BCUT2D eigenvalue weighted by atomic mass is 32.2. The van der Waals surface area contributed by atoms with Gasteiger partial charge >= 0.3 is 5.97 Å². The third kappa shape index (κ3) is 2.83. The number of hydrogen-bond acceptors (Lipinski definition) is 3. The first-order chi connectivity index (χ1) is 8.06. The van der Waals surface area contributed by atoms with Crippen LogP contribution in [0.1, 0.15) is 10.4 Å². The summed E-state index contributed by atoms with van der Waals surface area (Å²) < 4.78 is 26.8. The molecule has 0 fully saturated rings. The quantitative estimate of drug-likeness (QED) is 0.921. The van der Waals surface area contributed by atoms with Gasteiger partial charge in [-0.3, -0.25) is 0 Å². The maximum atomic E-state index is 13.3. The fourth-order valence-corrected chi connectivity index (χ4v) is 3.10. The molecule has 2 nitrogen and oxygen atoms in total. The van der Waals surface area contributed by atoms with Crippen LogP contribution in [0.15, 0.2) is 38.8 Å². The van der Waals surface area contributed by atoms with Gasteiger partial charge in [-0.25, -0.2) is 13.6 Å². The molecule has 1 heterocycles. The molecule has 1 aromatic carbocycles. The predicted molar refractivity (Wildman–Crippen MR) is 61.8 cm³/mol. The van der Waals surface area contributed by atoms with Gasteiger partial charge < -0.3 is 5.11 Å².